The van der Waals surface area contributed by atoms with Crippen LogP contribution in [0.5, 0.6) is 0 Å². The molecule has 0 heterocycles. The quantitative estimate of drug-likeness (QED) is 0.907. The van der Waals surface area contributed by atoms with Gasteiger partial charge in [-0.15, -0.1) is 0 Å². The first-order valence-corrected chi connectivity index (χ1v) is 6.50. The number of hydrogen-bond donors (Lipinski definition) is 2. The molecule has 0 aromatic heterocycles. The van der Waals surface area contributed by atoms with E-state index in [0.717, 1.165) is 29.8 Å². The Morgan fingerprint density at radius 1 is 1.14 bits per heavy atom. The van der Waals surface area contributed by atoms with E-state index in [1.165, 1.54) is 0 Å². The van der Waals surface area contributed by atoms with Crippen molar-refractivity contribution < 1.29 is 23.1 Å². The zero-order chi connectivity index (χ0) is 16.3. The minimum Gasteiger partial charge on any atom is -0.392 e. The average molecular weight is 309 g/mol. The van der Waals surface area contributed by atoms with Crippen LogP contribution < -0.4 is 5.32 Å². The van der Waals surface area contributed by atoms with Crippen LogP contribution in [0.4, 0.5) is 18.9 Å². The van der Waals surface area contributed by atoms with E-state index in [2.05, 4.69) is 5.32 Å². The van der Waals surface area contributed by atoms with Crippen molar-refractivity contribution in [2.45, 2.75) is 19.7 Å². The molecule has 3 nitrogen and oxygen atoms in total. The van der Waals surface area contributed by atoms with Crippen molar-refractivity contribution in [2.24, 2.45) is 0 Å². The summed E-state index contributed by atoms with van der Waals surface area (Å²) in [6, 6.07) is 9.08. The van der Waals surface area contributed by atoms with Crippen molar-refractivity contribution in [3.63, 3.8) is 0 Å². The van der Waals surface area contributed by atoms with Gasteiger partial charge in [-0.05, 0) is 48.4 Å². The summed E-state index contributed by atoms with van der Waals surface area (Å²) >= 11 is 0. The Morgan fingerprint density at radius 3 is 2.32 bits per heavy atom. The second-order valence-electron chi connectivity index (χ2n) is 4.84. The Labute approximate surface area is 125 Å². The van der Waals surface area contributed by atoms with Crippen LogP contribution in [-0.4, -0.2) is 11.0 Å². The fraction of sp³-hybridized carbons (Fsp3) is 0.188. The molecule has 0 aliphatic heterocycles. The molecular formula is C16H14F3NO2. The predicted octanol–water partition coefficient (Wildman–Crippen LogP) is 3.76. The van der Waals surface area contributed by atoms with Crippen molar-refractivity contribution in [3.05, 3.63) is 64.7 Å². The maximum atomic E-state index is 12.5. The van der Waals surface area contributed by atoms with Gasteiger partial charge in [-0.25, -0.2) is 0 Å². The average Bonchev–Trinajstić information content (AvgIpc) is 2.48. The van der Waals surface area contributed by atoms with Gasteiger partial charge in [0.15, 0.2) is 0 Å². The van der Waals surface area contributed by atoms with Crippen LogP contribution in [0.1, 0.15) is 27.0 Å². The number of aryl methyl sites for hydroxylation is 1. The van der Waals surface area contributed by atoms with Gasteiger partial charge in [0.1, 0.15) is 0 Å². The van der Waals surface area contributed by atoms with Crippen LogP contribution in [0, 0.1) is 6.92 Å². The lowest BCUT2D eigenvalue weighted by Gasteiger charge is -2.11. The van der Waals surface area contributed by atoms with Gasteiger partial charge >= 0.3 is 6.18 Å². The van der Waals surface area contributed by atoms with E-state index in [4.69, 9.17) is 5.11 Å². The minimum absolute atomic E-state index is 0.127. The maximum Gasteiger partial charge on any atom is 0.416 e. The molecule has 22 heavy (non-hydrogen) atoms. The Morgan fingerprint density at radius 2 is 1.77 bits per heavy atom. The van der Waals surface area contributed by atoms with Gasteiger partial charge in [0.25, 0.3) is 5.91 Å². The molecule has 0 saturated heterocycles. The molecule has 2 rings (SSSR count). The molecule has 6 heteroatoms. The number of benzene rings is 2. The van der Waals surface area contributed by atoms with Crippen LogP contribution in [-0.2, 0) is 12.8 Å². The Kier molecular flexibility index (Phi) is 4.51. The summed E-state index contributed by atoms with van der Waals surface area (Å²) in [5, 5.41) is 11.7. The molecular weight excluding hydrogens is 295 g/mol. The summed E-state index contributed by atoms with van der Waals surface area (Å²) in [6.45, 7) is 1.62. The number of aliphatic hydroxyl groups excluding tert-OH is 1. The van der Waals surface area contributed by atoms with Gasteiger partial charge in [0, 0.05) is 11.3 Å². The highest BCUT2D eigenvalue weighted by Crippen LogP contribution is 2.29. The van der Waals surface area contributed by atoms with Crippen LogP contribution in [0.3, 0.4) is 0 Å². The van der Waals surface area contributed by atoms with E-state index in [-0.39, 0.29) is 12.2 Å². The number of halogens is 3. The first-order chi connectivity index (χ1) is 10.3. The van der Waals surface area contributed by atoms with Crippen molar-refractivity contribution in [1.29, 1.82) is 0 Å². The van der Waals surface area contributed by atoms with E-state index in [0.29, 0.717) is 11.3 Å². The second kappa shape index (κ2) is 6.19. The predicted molar refractivity (Wildman–Crippen MR) is 76.5 cm³/mol. The molecule has 0 fully saturated rings. The van der Waals surface area contributed by atoms with Gasteiger partial charge in [-0.3, -0.25) is 4.79 Å². The van der Waals surface area contributed by atoms with Gasteiger partial charge < -0.3 is 10.4 Å². The summed E-state index contributed by atoms with van der Waals surface area (Å²) in [7, 11) is 0. The zero-order valence-electron chi connectivity index (χ0n) is 11.7. The second-order valence-corrected chi connectivity index (χ2v) is 4.84. The third kappa shape index (κ3) is 3.65. The number of nitrogens with one attached hydrogen (secondary N) is 1. The van der Waals surface area contributed by atoms with Crippen molar-refractivity contribution in [1.82, 2.24) is 0 Å². The van der Waals surface area contributed by atoms with Crippen LogP contribution in [0.15, 0.2) is 42.5 Å². The smallest absolute Gasteiger partial charge is 0.392 e. The normalized spacial score (nSPS) is 11.3. The molecule has 2 aromatic carbocycles. The summed E-state index contributed by atoms with van der Waals surface area (Å²) < 4.78 is 37.4. The fourth-order valence-corrected chi connectivity index (χ4v) is 1.91. The fourth-order valence-electron chi connectivity index (χ4n) is 1.91. The Hall–Kier alpha value is -2.34. The lowest BCUT2D eigenvalue weighted by Crippen LogP contribution is -2.14. The molecule has 116 valence electrons. The van der Waals surface area contributed by atoms with Crippen molar-refractivity contribution in [2.75, 3.05) is 5.32 Å². The van der Waals surface area contributed by atoms with Crippen LogP contribution in [0.25, 0.3) is 0 Å². The number of hydrogen-bond acceptors (Lipinski definition) is 2. The number of rotatable bonds is 3. The Bertz CT molecular complexity index is 679. The third-order valence-corrected chi connectivity index (χ3v) is 3.21. The number of carbonyl (C=O) groups excluding carboxylic acids is 1. The van der Waals surface area contributed by atoms with E-state index in [1.54, 1.807) is 25.1 Å². The largest absolute Gasteiger partial charge is 0.416 e. The third-order valence-electron chi connectivity index (χ3n) is 3.21. The zero-order valence-corrected chi connectivity index (χ0v) is 11.7. The number of anilines is 1. The molecule has 0 unspecified atom stereocenters. The first-order valence-electron chi connectivity index (χ1n) is 6.50. The highest BCUT2D eigenvalue weighted by molar-refractivity contribution is 6.04. The van der Waals surface area contributed by atoms with Gasteiger partial charge in [0.05, 0.1) is 12.2 Å². The van der Waals surface area contributed by atoms with Crippen LogP contribution >= 0.6 is 0 Å². The molecule has 0 saturated carbocycles. The number of aliphatic hydroxyl groups is 1. The molecule has 1 amide bonds. The Balaban J connectivity index is 2.19. The molecule has 2 aromatic rings. The van der Waals surface area contributed by atoms with Gasteiger partial charge in [-0.1, -0.05) is 12.1 Å². The number of carbonyl (C=O) groups is 1. The number of amides is 1. The van der Waals surface area contributed by atoms with E-state index < -0.39 is 17.6 Å². The van der Waals surface area contributed by atoms with Crippen molar-refractivity contribution >= 4 is 11.6 Å². The molecule has 0 spiro atoms. The topological polar surface area (TPSA) is 49.3 Å². The van der Waals surface area contributed by atoms with Crippen LogP contribution in [0.2, 0.25) is 0 Å². The highest BCUT2D eigenvalue weighted by Gasteiger charge is 2.30. The molecule has 0 radical (unpaired) electrons. The highest BCUT2D eigenvalue weighted by atomic mass is 19.4. The first kappa shape index (κ1) is 16.0. The van der Waals surface area contributed by atoms with E-state index in [9.17, 15) is 18.0 Å². The molecule has 0 aliphatic carbocycles. The number of alkyl halides is 3. The molecule has 0 aliphatic rings. The summed E-state index contributed by atoms with van der Waals surface area (Å²) in [5.41, 5.74) is 1.26. The molecule has 2 N–H and O–H groups in total. The van der Waals surface area contributed by atoms with Gasteiger partial charge in [0.2, 0.25) is 0 Å². The standard InChI is InChI=1S/C16H14F3NO2/c1-10-2-3-11(9-21)8-14(10)20-15(22)12-4-6-13(7-5-12)16(17,18)19/h2-8,21H,9H2,1H3,(H,20,22). The summed E-state index contributed by atoms with van der Waals surface area (Å²) in [4.78, 5) is 12.1. The minimum atomic E-state index is -4.43. The maximum absolute atomic E-state index is 12.5. The summed E-state index contributed by atoms with van der Waals surface area (Å²) in [5.74, 6) is -0.507. The lowest BCUT2D eigenvalue weighted by atomic mass is 10.1. The van der Waals surface area contributed by atoms with E-state index >= 15 is 0 Å². The SMILES string of the molecule is Cc1ccc(CO)cc1NC(=O)c1ccc(C(F)(F)F)cc1. The summed E-state index contributed by atoms with van der Waals surface area (Å²) in [6.07, 6.45) is -4.43. The molecule has 0 atom stereocenters. The monoisotopic (exact) mass is 309 g/mol. The van der Waals surface area contributed by atoms with Crippen molar-refractivity contribution in [3.8, 4) is 0 Å². The molecule has 0 bridgehead atoms. The van der Waals surface area contributed by atoms with E-state index in [1.807, 2.05) is 0 Å². The lowest BCUT2D eigenvalue weighted by molar-refractivity contribution is -0.137. The van der Waals surface area contributed by atoms with Gasteiger partial charge in [-0.2, -0.15) is 13.2 Å².